The Morgan fingerprint density at radius 2 is 1.75 bits per heavy atom. The van der Waals surface area contributed by atoms with Crippen molar-refractivity contribution >= 4 is 0 Å². The topological polar surface area (TPSA) is 66.5 Å². The number of aromatic hydroxyl groups is 2. The number of phenols is 2. The Morgan fingerprint density at radius 3 is 2.38 bits per heavy atom. The molecule has 0 heterocycles. The van der Waals surface area contributed by atoms with E-state index in [1.165, 1.54) is 12.1 Å². The van der Waals surface area contributed by atoms with Gasteiger partial charge in [0, 0.05) is 11.1 Å². The Morgan fingerprint density at radius 1 is 1.12 bits per heavy atom. The Hall–Kier alpha value is -1.29. The van der Waals surface area contributed by atoms with Crippen LogP contribution in [0, 0.1) is 5.82 Å². The van der Waals surface area contributed by atoms with Crippen LogP contribution in [0.3, 0.4) is 0 Å². The van der Waals surface area contributed by atoms with Crippen LogP contribution in [-0.4, -0.2) is 10.2 Å². The number of benzene rings is 1. The van der Waals surface area contributed by atoms with Crippen molar-refractivity contribution in [3.05, 3.63) is 23.5 Å². The van der Waals surface area contributed by atoms with Gasteiger partial charge in [-0.2, -0.15) is 0 Å². The standard InChI is InChI=1S/C12H16FNO2/c13-10-8(4-5-9(15)11(10)16)12(14)6-2-1-3-7-12/h4-5,15-16H,1-3,6-7,14H2. The second-order valence-electron chi connectivity index (χ2n) is 4.51. The Bertz CT molecular complexity index is 400. The molecular formula is C12H16FNO2. The maximum atomic E-state index is 13.8. The van der Waals surface area contributed by atoms with Gasteiger partial charge in [0.15, 0.2) is 17.3 Å². The van der Waals surface area contributed by atoms with E-state index in [4.69, 9.17) is 5.73 Å². The summed E-state index contributed by atoms with van der Waals surface area (Å²) in [5.41, 5.74) is 5.77. The van der Waals surface area contributed by atoms with Crippen molar-refractivity contribution in [1.29, 1.82) is 0 Å². The number of hydrogen-bond donors (Lipinski definition) is 3. The van der Waals surface area contributed by atoms with E-state index in [0.29, 0.717) is 18.4 Å². The zero-order valence-corrected chi connectivity index (χ0v) is 9.04. The summed E-state index contributed by atoms with van der Waals surface area (Å²) in [6.45, 7) is 0. The van der Waals surface area contributed by atoms with Crippen LogP contribution in [0.1, 0.15) is 37.7 Å². The van der Waals surface area contributed by atoms with E-state index < -0.39 is 22.9 Å². The molecule has 1 fully saturated rings. The van der Waals surface area contributed by atoms with Crippen molar-refractivity contribution in [2.75, 3.05) is 0 Å². The second-order valence-corrected chi connectivity index (χ2v) is 4.51. The number of phenolic OH excluding ortho intramolecular Hbond substituents is 2. The first-order valence-corrected chi connectivity index (χ1v) is 5.54. The van der Waals surface area contributed by atoms with E-state index >= 15 is 0 Å². The first kappa shape index (κ1) is 11.2. The lowest BCUT2D eigenvalue weighted by Gasteiger charge is -2.34. The minimum atomic E-state index is -0.788. The summed E-state index contributed by atoms with van der Waals surface area (Å²) < 4.78 is 13.8. The first-order valence-electron chi connectivity index (χ1n) is 5.54. The van der Waals surface area contributed by atoms with Crippen molar-refractivity contribution in [2.24, 2.45) is 5.73 Å². The molecule has 16 heavy (non-hydrogen) atoms. The molecule has 1 aliphatic rings. The molecule has 0 saturated heterocycles. The molecule has 3 nitrogen and oxygen atoms in total. The van der Waals surface area contributed by atoms with Gasteiger partial charge in [-0.15, -0.1) is 0 Å². The summed E-state index contributed by atoms with van der Waals surface area (Å²) in [5, 5.41) is 18.5. The molecule has 0 bridgehead atoms. The number of rotatable bonds is 1. The monoisotopic (exact) mass is 225 g/mol. The van der Waals surface area contributed by atoms with E-state index in [1.807, 2.05) is 0 Å². The Labute approximate surface area is 93.7 Å². The molecule has 1 aromatic rings. The minimum Gasteiger partial charge on any atom is -0.504 e. The molecule has 0 unspecified atom stereocenters. The van der Waals surface area contributed by atoms with E-state index in [9.17, 15) is 14.6 Å². The lowest BCUT2D eigenvalue weighted by atomic mass is 9.77. The number of hydrogen-bond acceptors (Lipinski definition) is 3. The largest absolute Gasteiger partial charge is 0.504 e. The predicted molar refractivity (Wildman–Crippen MR) is 58.7 cm³/mol. The average molecular weight is 225 g/mol. The molecule has 0 aliphatic heterocycles. The zero-order chi connectivity index (χ0) is 11.8. The normalized spacial score (nSPS) is 19.6. The van der Waals surface area contributed by atoms with Crippen LogP contribution in [0.15, 0.2) is 12.1 Å². The van der Waals surface area contributed by atoms with Crippen LogP contribution in [0.5, 0.6) is 11.5 Å². The third-order valence-electron chi connectivity index (χ3n) is 3.38. The van der Waals surface area contributed by atoms with Gasteiger partial charge in [-0.25, -0.2) is 4.39 Å². The van der Waals surface area contributed by atoms with Crippen molar-refractivity contribution in [1.82, 2.24) is 0 Å². The molecule has 4 N–H and O–H groups in total. The molecule has 0 radical (unpaired) electrons. The second kappa shape index (κ2) is 3.94. The van der Waals surface area contributed by atoms with E-state index in [1.54, 1.807) is 0 Å². The molecule has 0 spiro atoms. The van der Waals surface area contributed by atoms with Gasteiger partial charge in [-0.1, -0.05) is 25.3 Å². The van der Waals surface area contributed by atoms with Crippen LogP contribution in [-0.2, 0) is 5.54 Å². The van der Waals surface area contributed by atoms with Crippen molar-refractivity contribution in [3.63, 3.8) is 0 Å². The Balaban J connectivity index is 2.43. The van der Waals surface area contributed by atoms with Gasteiger partial charge in [-0.05, 0) is 18.9 Å². The average Bonchev–Trinajstić information content (AvgIpc) is 2.27. The van der Waals surface area contributed by atoms with Crippen molar-refractivity contribution < 1.29 is 14.6 Å². The van der Waals surface area contributed by atoms with E-state index in [2.05, 4.69) is 0 Å². The first-order chi connectivity index (χ1) is 7.54. The SMILES string of the molecule is NC1(c2ccc(O)c(O)c2F)CCCCC1. The van der Waals surface area contributed by atoms with Gasteiger partial charge < -0.3 is 15.9 Å². The van der Waals surface area contributed by atoms with Crippen molar-refractivity contribution in [3.8, 4) is 11.5 Å². The highest BCUT2D eigenvalue weighted by atomic mass is 19.1. The molecule has 1 aliphatic carbocycles. The van der Waals surface area contributed by atoms with Crippen LogP contribution in [0.4, 0.5) is 4.39 Å². The third kappa shape index (κ3) is 1.73. The summed E-state index contributed by atoms with van der Waals surface area (Å²) in [7, 11) is 0. The van der Waals surface area contributed by atoms with Crippen LogP contribution in [0.2, 0.25) is 0 Å². The van der Waals surface area contributed by atoms with Gasteiger partial charge in [0.05, 0.1) is 0 Å². The van der Waals surface area contributed by atoms with Crippen molar-refractivity contribution in [2.45, 2.75) is 37.6 Å². The molecule has 1 aromatic carbocycles. The van der Waals surface area contributed by atoms with Gasteiger partial charge in [0.1, 0.15) is 0 Å². The van der Waals surface area contributed by atoms with E-state index in [-0.39, 0.29) is 0 Å². The molecule has 4 heteroatoms. The van der Waals surface area contributed by atoms with E-state index in [0.717, 1.165) is 19.3 Å². The quantitative estimate of drug-likeness (QED) is 0.643. The predicted octanol–water partition coefficient (Wildman–Crippen LogP) is 2.36. The lowest BCUT2D eigenvalue weighted by molar-refractivity contribution is 0.286. The highest BCUT2D eigenvalue weighted by Gasteiger charge is 2.33. The maximum absolute atomic E-state index is 13.8. The molecular weight excluding hydrogens is 209 g/mol. The highest BCUT2D eigenvalue weighted by molar-refractivity contribution is 5.44. The maximum Gasteiger partial charge on any atom is 0.194 e. The number of nitrogens with two attached hydrogens (primary N) is 1. The summed E-state index contributed by atoms with van der Waals surface area (Å²) >= 11 is 0. The summed E-state index contributed by atoms with van der Waals surface area (Å²) in [4.78, 5) is 0. The summed E-state index contributed by atoms with van der Waals surface area (Å²) in [6, 6.07) is 2.76. The molecule has 2 rings (SSSR count). The number of halogens is 1. The highest BCUT2D eigenvalue weighted by Crippen LogP contribution is 2.40. The van der Waals surface area contributed by atoms with Crippen LogP contribution < -0.4 is 5.73 Å². The fourth-order valence-corrected chi connectivity index (χ4v) is 2.39. The third-order valence-corrected chi connectivity index (χ3v) is 3.38. The van der Waals surface area contributed by atoms with Gasteiger partial charge in [0.25, 0.3) is 0 Å². The minimum absolute atomic E-state index is 0.308. The molecule has 0 amide bonds. The fraction of sp³-hybridized carbons (Fsp3) is 0.500. The van der Waals surface area contributed by atoms with Gasteiger partial charge in [-0.3, -0.25) is 0 Å². The summed E-state index contributed by atoms with van der Waals surface area (Å²) in [5.74, 6) is -1.93. The molecule has 0 atom stereocenters. The molecule has 1 saturated carbocycles. The van der Waals surface area contributed by atoms with Gasteiger partial charge >= 0.3 is 0 Å². The van der Waals surface area contributed by atoms with Gasteiger partial charge in [0.2, 0.25) is 0 Å². The Kier molecular flexibility index (Phi) is 2.76. The molecule has 0 aromatic heterocycles. The van der Waals surface area contributed by atoms with Crippen LogP contribution >= 0.6 is 0 Å². The zero-order valence-electron chi connectivity index (χ0n) is 9.04. The summed E-state index contributed by atoms with van der Waals surface area (Å²) in [6.07, 6.45) is 4.49. The molecule has 88 valence electrons. The van der Waals surface area contributed by atoms with Crippen LogP contribution in [0.25, 0.3) is 0 Å². The lowest BCUT2D eigenvalue weighted by Crippen LogP contribution is -2.39. The smallest absolute Gasteiger partial charge is 0.194 e. The fourth-order valence-electron chi connectivity index (χ4n) is 2.39.